The molecule has 0 amide bonds. The predicted octanol–water partition coefficient (Wildman–Crippen LogP) is 2.50. The first-order chi connectivity index (χ1) is 6.94. The Kier molecular flexibility index (Phi) is 4.77. The van der Waals surface area contributed by atoms with Crippen LogP contribution < -0.4 is 0 Å². The second kappa shape index (κ2) is 5.43. The number of ether oxygens (including phenoxy) is 1. The molecule has 1 N–H and O–H groups in total. The molecule has 3 unspecified atom stereocenters. The van der Waals surface area contributed by atoms with Gasteiger partial charge in [0.05, 0.1) is 12.2 Å². The van der Waals surface area contributed by atoms with Crippen LogP contribution in [0.2, 0.25) is 19.1 Å². The van der Waals surface area contributed by atoms with Gasteiger partial charge in [0.1, 0.15) is 0 Å². The Hall–Kier alpha value is 0.0969. The molecule has 0 aromatic rings. The molecule has 3 nitrogen and oxygen atoms in total. The molecular formula is C11H24O3Si. The summed E-state index contributed by atoms with van der Waals surface area (Å²) in [6.07, 6.45) is 2.77. The molecule has 1 saturated heterocycles. The van der Waals surface area contributed by atoms with E-state index < -0.39 is 14.6 Å². The molecule has 1 rings (SSSR count). The lowest BCUT2D eigenvalue weighted by Crippen LogP contribution is -2.46. The Bertz CT molecular complexity index is 194. The van der Waals surface area contributed by atoms with Crippen LogP contribution in [0.25, 0.3) is 0 Å². The van der Waals surface area contributed by atoms with Crippen LogP contribution in [0.3, 0.4) is 0 Å². The molecule has 1 fully saturated rings. The van der Waals surface area contributed by atoms with Gasteiger partial charge in [-0.1, -0.05) is 13.3 Å². The Labute approximate surface area is 93.9 Å². The molecule has 0 aliphatic carbocycles. The SMILES string of the molecule is CCC(OC(C)O)C1CCC[Si](C)(C)O1. The van der Waals surface area contributed by atoms with Crippen LogP contribution >= 0.6 is 0 Å². The first-order valence-electron chi connectivity index (χ1n) is 5.96. The average molecular weight is 232 g/mol. The number of hydrogen-bond acceptors (Lipinski definition) is 3. The molecule has 90 valence electrons. The van der Waals surface area contributed by atoms with Crippen molar-refractivity contribution in [2.75, 3.05) is 0 Å². The van der Waals surface area contributed by atoms with Gasteiger partial charge in [0, 0.05) is 0 Å². The lowest BCUT2D eigenvalue weighted by atomic mass is 10.1. The second-order valence-electron chi connectivity index (χ2n) is 4.99. The number of aliphatic hydroxyl groups excluding tert-OH is 1. The summed E-state index contributed by atoms with van der Waals surface area (Å²) in [5, 5.41) is 9.25. The van der Waals surface area contributed by atoms with Crippen LogP contribution in [-0.4, -0.2) is 31.9 Å². The molecule has 0 bridgehead atoms. The molecule has 4 heteroatoms. The topological polar surface area (TPSA) is 38.7 Å². The van der Waals surface area contributed by atoms with Crippen LogP contribution in [0.4, 0.5) is 0 Å². The van der Waals surface area contributed by atoms with E-state index in [2.05, 4.69) is 20.0 Å². The summed E-state index contributed by atoms with van der Waals surface area (Å²) >= 11 is 0. The quantitative estimate of drug-likeness (QED) is 0.598. The zero-order chi connectivity index (χ0) is 11.5. The highest BCUT2D eigenvalue weighted by atomic mass is 28.4. The summed E-state index contributed by atoms with van der Waals surface area (Å²) in [4.78, 5) is 0. The van der Waals surface area contributed by atoms with E-state index in [4.69, 9.17) is 9.16 Å². The van der Waals surface area contributed by atoms with E-state index in [9.17, 15) is 5.11 Å². The third-order valence-corrected chi connectivity index (χ3v) is 5.43. The standard InChI is InChI=1S/C11H24O3Si/c1-5-10(13-9(2)12)11-7-6-8-15(3,4)14-11/h9-12H,5-8H2,1-4H3. The highest BCUT2D eigenvalue weighted by Gasteiger charge is 2.35. The molecular weight excluding hydrogens is 208 g/mol. The maximum Gasteiger partial charge on any atom is 0.187 e. The van der Waals surface area contributed by atoms with Crippen LogP contribution in [0.15, 0.2) is 0 Å². The van der Waals surface area contributed by atoms with Crippen molar-refractivity contribution < 1.29 is 14.3 Å². The van der Waals surface area contributed by atoms with Crippen molar-refractivity contribution >= 4 is 8.32 Å². The van der Waals surface area contributed by atoms with Gasteiger partial charge in [-0.05, 0) is 38.9 Å². The van der Waals surface area contributed by atoms with E-state index in [0.717, 1.165) is 12.8 Å². The molecule has 0 aromatic heterocycles. The van der Waals surface area contributed by atoms with Gasteiger partial charge in [-0.15, -0.1) is 0 Å². The maximum absolute atomic E-state index is 9.25. The van der Waals surface area contributed by atoms with Gasteiger partial charge in [0.15, 0.2) is 14.6 Å². The third-order valence-electron chi connectivity index (χ3n) is 2.93. The van der Waals surface area contributed by atoms with E-state index in [1.807, 2.05) is 0 Å². The van der Waals surface area contributed by atoms with E-state index >= 15 is 0 Å². The second-order valence-corrected chi connectivity index (χ2v) is 9.25. The summed E-state index contributed by atoms with van der Waals surface area (Å²) < 4.78 is 11.6. The van der Waals surface area contributed by atoms with Crippen molar-refractivity contribution in [3.05, 3.63) is 0 Å². The summed E-state index contributed by atoms with van der Waals surface area (Å²) in [5.74, 6) is 0. The molecule has 0 spiro atoms. The summed E-state index contributed by atoms with van der Waals surface area (Å²) in [5.41, 5.74) is 0. The van der Waals surface area contributed by atoms with Gasteiger partial charge >= 0.3 is 0 Å². The maximum atomic E-state index is 9.25. The van der Waals surface area contributed by atoms with Crippen molar-refractivity contribution in [3.8, 4) is 0 Å². The van der Waals surface area contributed by atoms with Crippen LogP contribution in [0.1, 0.15) is 33.1 Å². The van der Waals surface area contributed by atoms with Gasteiger partial charge < -0.3 is 14.3 Å². The minimum atomic E-state index is -1.45. The van der Waals surface area contributed by atoms with Crippen molar-refractivity contribution in [2.24, 2.45) is 0 Å². The Balaban J connectivity index is 2.52. The Morgan fingerprint density at radius 1 is 1.53 bits per heavy atom. The summed E-state index contributed by atoms with van der Waals surface area (Å²) in [6.45, 7) is 8.26. The first-order valence-corrected chi connectivity index (χ1v) is 9.07. The lowest BCUT2D eigenvalue weighted by Gasteiger charge is -2.38. The Morgan fingerprint density at radius 2 is 2.20 bits per heavy atom. The zero-order valence-electron chi connectivity index (χ0n) is 10.3. The Morgan fingerprint density at radius 3 is 2.67 bits per heavy atom. The fourth-order valence-electron chi connectivity index (χ4n) is 2.22. The van der Waals surface area contributed by atoms with Crippen LogP contribution in [0, 0.1) is 0 Å². The number of hydrogen-bond donors (Lipinski definition) is 1. The van der Waals surface area contributed by atoms with Crippen molar-refractivity contribution in [2.45, 2.75) is 70.7 Å². The van der Waals surface area contributed by atoms with Gasteiger partial charge in [-0.3, -0.25) is 0 Å². The highest BCUT2D eigenvalue weighted by molar-refractivity contribution is 6.71. The van der Waals surface area contributed by atoms with Crippen LogP contribution in [-0.2, 0) is 9.16 Å². The predicted molar refractivity (Wildman–Crippen MR) is 63.2 cm³/mol. The van der Waals surface area contributed by atoms with Crippen LogP contribution in [0.5, 0.6) is 0 Å². The van der Waals surface area contributed by atoms with Gasteiger partial charge in [0.25, 0.3) is 0 Å². The monoisotopic (exact) mass is 232 g/mol. The molecule has 15 heavy (non-hydrogen) atoms. The van der Waals surface area contributed by atoms with Crippen molar-refractivity contribution in [1.82, 2.24) is 0 Å². The minimum absolute atomic E-state index is 0.0528. The summed E-state index contributed by atoms with van der Waals surface area (Å²) in [6, 6.07) is 1.24. The minimum Gasteiger partial charge on any atom is -0.412 e. The first kappa shape index (κ1) is 13.2. The molecule has 3 atom stereocenters. The van der Waals surface area contributed by atoms with E-state index in [0.29, 0.717) is 0 Å². The fourth-order valence-corrected chi connectivity index (χ4v) is 4.48. The smallest absolute Gasteiger partial charge is 0.187 e. The molecule has 0 saturated carbocycles. The zero-order valence-corrected chi connectivity index (χ0v) is 11.3. The van der Waals surface area contributed by atoms with E-state index in [1.54, 1.807) is 6.92 Å². The normalized spacial score (nSPS) is 29.8. The van der Waals surface area contributed by atoms with Gasteiger partial charge in [-0.2, -0.15) is 0 Å². The molecule has 1 aliphatic heterocycles. The number of rotatable bonds is 4. The highest BCUT2D eigenvalue weighted by Crippen LogP contribution is 2.29. The fraction of sp³-hybridized carbons (Fsp3) is 1.00. The van der Waals surface area contributed by atoms with E-state index in [-0.39, 0.29) is 12.2 Å². The largest absolute Gasteiger partial charge is 0.412 e. The van der Waals surface area contributed by atoms with Gasteiger partial charge in [0.2, 0.25) is 0 Å². The van der Waals surface area contributed by atoms with E-state index in [1.165, 1.54) is 12.5 Å². The van der Waals surface area contributed by atoms with Crippen molar-refractivity contribution in [3.63, 3.8) is 0 Å². The average Bonchev–Trinajstić information content (AvgIpc) is 2.12. The molecule has 1 aliphatic rings. The summed E-state index contributed by atoms with van der Waals surface area (Å²) in [7, 11) is -1.45. The van der Waals surface area contributed by atoms with Crippen molar-refractivity contribution in [1.29, 1.82) is 0 Å². The third kappa shape index (κ3) is 4.22. The molecule has 0 aromatic carbocycles. The number of aliphatic hydroxyl groups is 1. The molecule has 1 heterocycles. The lowest BCUT2D eigenvalue weighted by molar-refractivity contribution is -0.155. The molecule has 0 radical (unpaired) electrons. The van der Waals surface area contributed by atoms with Gasteiger partial charge in [-0.25, -0.2) is 0 Å².